The largest absolute Gasteiger partial charge is 0.335 e. The van der Waals surface area contributed by atoms with Crippen molar-refractivity contribution in [3.63, 3.8) is 0 Å². The highest BCUT2D eigenvalue weighted by molar-refractivity contribution is 5.89. The van der Waals surface area contributed by atoms with Crippen LogP contribution in [0.4, 0.5) is 10.5 Å². The predicted molar refractivity (Wildman–Crippen MR) is 92.7 cm³/mol. The Bertz CT molecular complexity index is 569. The first-order chi connectivity index (χ1) is 11.3. The highest BCUT2D eigenvalue weighted by Crippen LogP contribution is 2.37. The van der Waals surface area contributed by atoms with Crippen molar-refractivity contribution in [2.24, 2.45) is 11.8 Å². The van der Waals surface area contributed by atoms with E-state index < -0.39 is 0 Å². The summed E-state index contributed by atoms with van der Waals surface area (Å²) in [4.78, 5) is 12.3. The molecule has 4 nitrogen and oxygen atoms in total. The van der Waals surface area contributed by atoms with Crippen molar-refractivity contribution >= 4 is 11.7 Å². The summed E-state index contributed by atoms with van der Waals surface area (Å²) < 4.78 is 0. The summed E-state index contributed by atoms with van der Waals surface area (Å²) in [5.74, 6) is 2.27. The average molecular weight is 313 g/mol. The molecule has 1 aromatic carbocycles. The molecule has 1 heterocycles. The Kier molecular flexibility index (Phi) is 4.25. The maximum Gasteiger partial charge on any atom is 0.319 e. The van der Waals surface area contributed by atoms with E-state index in [0.717, 1.165) is 43.5 Å². The van der Waals surface area contributed by atoms with Crippen molar-refractivity contribution in [2.75, 3.05) is 18.4 Å². The van der Waals surface area contributed by atoms with Gasteiger partial charge in [0.25, 0.3) is 0 Å². The van der Waals surface area contributed by atoms with E-state index in [1.807, 2.05) is 6.07 Å². The summed E-state index contributed by atoms with van der Waals surface area (Å²) >= 11 is 0. The summed E-state index contributed by atoms with van der Waals surface area (Å²) in [6, 6.07) is 8.64. The van der Waals surface area contributed by atoms with Crippen LogP contribution >= 0.6 is 0 Å². The number of urea groups is 1. The zero-order valence-corrected chi connectivity index (χ0v) is 13.7. The van der Waals surface area contributed by atoms with Gasteiger partial charge < -0.3 is 16.0 Å². The predicted octanol–water partition coefficient (Wildman–Crippen LogP) is 3.46. The molecule has 3 atom stereocenters. The van der Waals surface area contributed by atoms with Crippen molar-refractivity contribution in [2.45, 2.75) is 50.5 Å². The number of benzene rings is 1. The highest BCUT2D eigenvalue weighted by Gasteiger charge is 2.34. The molecule has 3 unspecified atom stereocenters. The third kappa shape index (κ3) is 3.37. The number of hydrogen-bond donors (Lipinski definition) is 3. The molecule has 0 bridgehead atoms. The second kappa shape index (κ2) is 6.52. The summed E-state index contributed by atoms with van der Waals surface area (Å²) in [6.45, 7) is 2.28. The molecule has 1 aliphatic heterocycles. The third-order valence-electron chi connectivity index (χ3n) is 6.01. The maximum atomic E-state index is 12.3. The third-order valence-corrected chi connectivity index (χ3v) is 6.01. The Hall–Kier alpha value is -1.55. The minimum absolute atomic E-state index is 0.0508. The maximum absolute atomic E-state index is 12.3. The minimum Gasteiger partial charge on any atom is -0.335 e. The lowest BCUT2D eigenvalue weighted by Crippen LogP contribution is -2.42. The fraction of sp³-hybridized carbons (Fsp3) is 0.632. The molecule has 0 radical (unpaired) electrons. The molecule has 1 saturated heterocycles. The molecule has 3 fully saturated rings. The van der Waals surface area contributed by atoms with Gasteiger partial charge in [0.2, 0.25) is 0 Å². The molecular weight excluding hydrogens is 286 g/mol. The Morgan fingerprint density at radius 3 is 2.78 bits per heavy atom. The SMILES string of the molecule is O=C(Nc1cccc(C2CCC2)c1)NC1CCC2CNCC2C1. The second-order valence-corrected chi connectivity index (χ2v) is 7.54. The van der Waals surface area contributed by atoms with Gasteiger partial charge in [0, 0.05) is 11.7 Å². The van der Waals surface area contributed by atoms with Crippen LogP contribution in [-0.4, -0.2) is 25.2 Å². The van der Waals surface area contributed by atoms with Crippen molar-refractivity contribution in [3.05, 3.63) is 29.8 Å². The Morgan fingerprint density at radius 1 is 1.09 bits per heavy atom. The molecule has 0 spiro atoms. The number of nitrogens with one attached hydrogen (secondary N) is 3. The number of anilines is 1. The summed E-state index contributed by atoms with van der Waals surface area (Å²) in [5.41, 5.74) is 2.29. The fourth-order valence-corrected chi connectivity index (χ4v) is 4.40. The first-order valence-corrected chi connectivity index (χ1v) is 9.16. The van der Waals surface area contributed by atoms with Crippen molar-refractivity contribution in [3.8, 4) is 0 Å². The number of amides is 2. The normalized spacial score (nSPS) is 30.3. The van der Waals surface area contributed by atoms with Gasteiger partial charge in [-0.3, -0.25) is 0 Å². The zero-order chi connectivity index (χ0) is 15.6. The Labute approximate surface area is 138 Å². The van der Waals surface area contributed by atoms with E-state index in [0.29, 0.717) is 12.0 Å². The van der Waals surface area contributed by atoms with E-state index >= 15 is 0 Å². The summed E-state index contributed by atoms with van der Waals surface area (Å²) in [6.07, 6.45) is 7.37. The molecule has 2 saturated carbocycles. The lowest BCUT2D eigenvalue weighted by atomic mass is 9.79. The van der Waals surface area contributed by atoms with E-state index in [1.54, 1.807) is 0 Å². The van der Waals surface area contributed by atoms with Crippen molar-refractivity contribution < 1.29 is 4.79 Å². The number of carbonyl (C=O) groups is 1. The van der Waals surface area contributed by atoms with Crippen LogP contribution in [0.15, 0.2) is 24.3 Å². The minimum atomic E-state index is -0.0508. The van der Waals surface area contributed by atoms with Gasteiger partial charge >= 0.3 is 6.03 Å². The van der Waals surface area contributed by atoms with E-state index in [2.05, 4.69) is 34.1 Å². The monoisotopic (exact) mass is 313 g/mol. The molecule has 2 aliphatic carbocycles. The van der Waals surface area contributed by atoms with Crippen LogP contribution in [0.2, 0.25) is 0 Å². The molecule has 3 N–H and O–H groups in total. The lowest BCUT2D eigenvalue weighted by molar-refractivity contribution is 0.224. The summed E-state index contributed by atoms with van der Waals surface area (Å²) in [5, 5.41) is 9.68. The van der Waals surface area contributed by atoms with E-state index in [9.17, 15) is 4.79 Å². The topological polar surface area (TPSA) is 53.2 Å². The standard InChI is InChI=1S/C19H27N3O/c23-19(22-18-8-7-15-11-20-12-16(15)10-18)21-17-6-2-5-14(9-17)13-3-1-4-13/h2,5-6,9,13,15-16,18,20H,1,3-4,7-8,10-12H2,(H2,21,22,23). The van der Waals surface area contributed by atoms with Crippen molar-refractivity contribution in [1.82, 2.24) is 10.6 Å². The van der Waals surface area contributed by atoms with Gasteiger partial charge in [-0.15, -0.1) is 0 Å². The van der Waals surface area contributed by atoms with Crippen LogP contribution in [0, 0.1) is 11.8 Å². The quantitative estimate of drug-likeness (QED) is 0.800. The molecule has 4 heteroatoms. The molecule has 0 aromatic heterocycles. The number of carbonyl (C=O) groups excluding carboxylic acids is 1. The van der Waals surface area contributed by atoms with Gasteiger partial charge in [-0.2, -0.15) is 0 Å². The number of hydrogen-bond acceptors (Lipinski definition) is 2. The molecule has 1 aromatic rings. The van der Waals surface area contributed by atoms with Crippen LogP contribution in [-0.2, 0) is 0 Å². The van der Waals surface area contributed by atoms with E-state index in [1.165, 1.54) is 31.2 Å². The van der Waals surface area contributed by atoms with Gasteiger partial charge in [0.1, 0.15) is 0 Å². The van der Waals surface area contributed by atoms with Gasteiger partial charge in [0.15, 0.2) is 0 Å². The first kappa shape index (κ1) is 15.0. The summed E-state index contributed by atoms with van der Waals surface area (Å²) in [7, 11) is 0. The molecular formula is C19H27N3O. The van der Waals surface area contributed by atoms with Crippen LogP contribution in [0.1, 0.15) is 50.0 Å². The van der Waals surface area contributed by atoms with Crippen LogP contribution < -0.4 is 16.0 Å². The highest BCUT2D eigenvalue weighted by atomic mass is 16.2. The number of rotatable bonds is 3. The molecule has 23 heavy (non-hydrogen) atoms. The fourth-order valence-electron chi connectivity index (χ4n) is 4.40. The molecule has 3 aliphatic rings. The van der Waals surface area contributed by atoms with Gasteiger partial charge in [-0.05, 0) is 80.6 Å². The molecule has 2 amide bonds. The van der Waals surface area contributed by atoms with E-state index in [4.69, 9.17) is 0 Å². The first-order valence-electron chi connectivity index (χ1n) is 9.16. The van der Waals surface area contributed by atoms with E-state index in [-0.39, 0.29) is 6.03 Å². The molecule has 4 rings (SSSR count). The van der Waals surface area contributed by atoms with Gasteiger partial charge in [-0.1, -0.05) is 18.6 Å². The Morgan fingerprint density at radius 2 is 1.96 bits per heavy atom. The average Bonchev–Trinajstić information content (AvgIpc) is 2.93. The Balaban J connectivity index is 1.31. The molecule has 124 valence electrons. The number of fused-ring (bicyclic) bond motifs is 1. The van der Waals surface area contributed by atoms with Crippen LogP contribution in [0.3, 0.4) is 0 Å². The van der Waals surface area contributed by atoms with Gasteiger partial charge in [-0.25, -0.2) is 4.79 Å². The lowest BCUT2D eigenvalue weighted by Gasteiger charge is -2.31. The second-order valence-electron chi connectivity index (χ2n) is 7.54. The van der Waals surface area contributed by atoms with Crippen LogP contribution in [0.25, 0.3) is 0 Å². The van der Waals surface area contributed by atoms with Crippen LogP contribution in [0.5, 0.6) is 0 Å². The zero-order valence-electron chi connectivity index (χ0n) is 13.7. The van der Waals surface area contributed by atoms with Crippen molar-refractivity contribution in [1.29, 1.82) is 0 Å². The van der Waals surface area contributed by atoms with Gasteiger partial charge in [0.05, 0.1) is 0 Å². The smallest absolute Gasteiger partial charge is 0.319 e.